The van der Waals surface area contributed by atoms with Crippen molar-refractivity contribution in [1.82, 2.24) is 4.57 Å². The summed E-state index contributed by atoms with van der Waals surface area (Å²) in [4.78, 5) is 25.7. The maximum absolute atomic E-state index is 13.3. The molecule has 0 aliphatic heterocycles. The Morgan fingerprint density at radius 2 is 1.42 bits per heavy atom. The summed E-state index contributed by atoms with van der Waals surface area (Å²) in [5, 5.41) is 3.07. The van der Waals surface area contributed by atoms with E-state index in [-0.39, 0.29) is 27.6 Å². The minimum absolute atomic E-state index is 0.0351. The van der Waals surface area contributed by atoms with Crippen molar-refractivity contribution in [3.05, 3.63) is 99.8 Å². The number of carbonyl (C=O) groups excluding carboxylic acids is 1. The second kappa shape index (κ2) is 8.67. The number of pyridine rings is 1. The molecule has 0 saturated heterocycles. The Labute approximate surface area is 192 Å². The molecule has 1 amide bonds. The SMILES string of the molecule is Cc1ccc(NC(=O)Cn2cc(S(=O)(=O)c3ccc(C)cc3)c(=O)c3cc(C)ccc32)cc1. The van der Waals surface area contributed by atoms with Crippen molar-refractivity contribution in [2.24, 2.45) is 0 Å². The number of sulfone groups is 1. The molecule has 33 heavy (non-hydrogen) atoms. The third-order valence-corrected chi connectivity index (χ3v) is 7.24. The van der Waals surface area contributed by atoms with Gasteiger partial charge in [0.15, 0.2) is 0 Å². The minimum atomic E-state index is -4.08. The summed E-state index contributed by atoms with van der Waals surface area (Å²) in [5.74, 6) is -0.330. The van der Waals surface area contributed by atoms with E-state index < -0.39 is 15.3 Å². The van der Waals surface area contributed by atoms with E-state index in [9.17, 15) is 18.0 Å². The zero-order chi connectivity index (χ0) is 23.8. The molecule has 7 heteroatoms. The summed E-state index contributed by atoms with van der Waals surface area (Å²) in [5.41, 5.74) is 3.35. The van der Waals surface area contributed by atoms with Crippen LogP contribution in [0.1, 0.15) is 16.7 Å². The van der Waals surface area contributed by atoms with Crippen LogP contribution < -0.4 is 10.7 Å². The Balaban J connectivity index is 1.81. The highest BCUT2D eigenvalue weighted by Gasteiger charge is 2.24. The van der Waals surface area contributed by atoms with E-state index in [0.29, 0.717) is 11.2 Å². The molecule has 0 saturated carbocycles. The predicted octanol–water partition coefficient (Wildman–Crippen LogP) is 4.40. The summed E-state index contributed by atoms with van der Waals surface area (Å²) in [6, 6.07) is 18.9. The Bertz CT molecular complexity index is 1520. The lowest BCUT2D eigenvalue weighted by molar-refractivity contribution is -0.116. The largest absolute Gasteiger partial charge is 0.336 e. The van der Waals surface area contributed by atoms with E-state index >= 15 is 0 Å². The van der Waals surface area contributed by atoms with Gasteiger partial charge in [-0.2, -0.15) is 0 Å². The molecule has 0 unspecified atom stereocenters. The Morgan fingerprint density at radius 1 is 0.848 bits per heavy atom. The minimum Gasteiger partial charge on any atom is -0.336 e. The van der Waals surface area contributed by atoms with Crippen molar-refractivity contribution in [3.63, 3.8) is 0 Å². The van der Waals surface area contributed by atoms with Gasteiger partial charge in [0, 0.05) is 17.3 Å². The average molecular weight is 461 g/mol. The molecule has 1 aromatic heterocycles. The number of nitrogens with one attached hydrogen (secondary N) is 1. The van der Waals surface area contributed by atoms with Crippen LogP contribution >= 0.6 is 0 Å². The van der Waals surface area contributed by atoms with Crippen molar-refractivity contribution in [2.75, 3.05) is 5.32 Å². The van der Waals surface area contributed by atoms with Crippen LogP contribution in [0.15, 0.2) is 87.5 Å². The monoisotopic (exact) mass is 460 g/mol. The lowest BCUT2D eigenvalue weighted by atomic mass is 10.1. The first-order valence-corrected chi connectivity index (χ1v) is 12.0. The topological polar surface area (TPSA) is 85.2 Å². The number of aryl methyl sites for hydroxylation is 3. The van der Waals surface area contributed by atoms with Gasteiger partial charge < -0.3 is 9.88 Å². The summed E-state index contributed by atoms with van der Waals surface area (Å²) < 4.78 is 28.2. The fraction of sp³-hybridized carbons (Fsp3) is 0.154. The van der Waals surface area contributed by atoms with Gasteiger partial charge in [0.2, 0.25) is 21.2 Å². The maximum atomic E-state index is 13.3. The fourth-order valence-electron chi connectivity index (χ4n) is 3.64. The van der Waals surface area contributed by atoms with Gasteiger partial charge in [-0.3, -0.25) is 9.59 Å². The average Bonchev–Trinajstić information content (AvgIpc) is 2.77. The first kappa shape index (κ1) is 22.5. The van der Waals surface area contributed by atoms with E-state index in [4.69, 9.17) is 0 Å². The molecule has 0 aliphatic carbocycles. The molecule has 0 aliphatic rings. The molecule has 1 N–H and O–H groups in total. The lowest BCUT2D eigenvalue weighted by Crippen LogP contribution is -2.24. The van der Waals surface area contributed by atoms with Gasteiger partial charge in [-0.25, -0.2) is 8.42 Å². The molecule has 4 rings (SSSR count). The third-order valence-electron chi connectivity index (χ3n) is 5.47. The first-order chi connectivity index (χ1) is 15.6. The summed E-state index contributed by atoms with van der Waals surface area (Å²) >= 11 is 0. The molecular weight excluding hydrogens is 436 g/mol. The summed E-state index contributed by atoms with van der Waals surface area (Å²) in [7, 11) is -4.08. The highest BCUT2D eigenvalue weighted by atomic mass is 32.2. The number of fused-ring (bicyclic) bond motifs is 1. The molecule has 0 bridgehead atoms. The maximum Gasteiger partial charge on any atom is 0.244 e. The number of aromatic nitrogens is 1. The molecule has 0 fully saturated rings. The van der Waals surface area contributed by atoms with Crippen LogP contribution in [0.25, 0.3) is 10.9 Å². The highest BCUT2D eigenvalue weighted by molar-refractivity contribution is 7.91. The predicted molar refractivity (Wildman–Crippen MR) is 129 cm³/mol. The van der Waals surface area contributed by atoms with Crippen molar-refractivity contribution in [1.29, 1.82) is 0 Å². The number of carbonyl (C=O) groups is 1. The highest BCUT2D eigenvalue weighted by Crippen LogP contribution is 2.22. The molecule has 0 atom stereocenters. The molecule has 6 nitrogen and oxygen atoms in total. The molecule has 1 heterocycles. The quantitative estimate of drug-likeness (QED) is 0.478. The van der Waals surface area contributed by atoms with E-state index in [1.54, 1.807) is 36.4 Å². The normalized spacial score (nSPS) is 11.5. The number of hydrogen-bond donors (Lipinski definition) is 1. The fourth-order valence-corrected chi connectivity index (χ4v) is 5.01. The van der Waals surface area contributed by atoms with Gasteiger partial charge in [0.25, 0.3) is 0 Å². The number of benzene rings is 3. The van der Waals surface area contributed by atoms with Crippen molar-refractivity contribution >= 4 is 32.3 Å². The number of rotatable bonds is 5. The van der Waals surface area contributed by atoms with Crippen LogP contribution in [-0.2, 0) is 21.2 Å². The van der Waals surface area contributed by atoms with Gasteiger partial charge in [0.05, 0.1) is 10.4 Å². The first-order valence-electron chi connectivity index (χ1n) is 10.5. The van der Waals surface area contributed by atoms with E-state index in [1.165, 1.54) is 22.9 Å². The van der Waals surface area contributed by atoms with Crippen LogP contribution in [0.3, 0.4) is 0 Å². The Morgan fingerprint density at radius 3 is 2.06 bits per heavy atom. The zero-order valence-corrected chi connectivity index (χ0v) is 19.4. The Kier molecular flexibility index (Phi) is 5.91. The third kappa shape index (κ3) is 4.59. The van der Waals surface area contributed by atoms with Crippen LogP contribution in [0, 0.1) is 20.8 Å². The van der Waals surface area contributed by atoms with Crippen molar-refractivity contribution < 1.29 is 13.2 Å². The number of anilines is 1. The van der Waals surface area contributed by atoms with E-state index in [0.717, 1.165) is 16.7 Å². The smallest absolute Gasteiger partial charge is 0.244 e. The van der Waals surface area contributed by atoms with Gasteiger partial charge in [-0.15, -0.1) is 0 Å². The standard InChI is InChI=1S/C26H24N2O4S/c1-17-4-9-20(10-5-17)27-25(29)16-28-15-24(26(30)22-14-19(3)8-13-23(22)28)33(31,32)21-11-6-18(2)7-12-21/h4-15H,16H2,1-3H3,(H,27,29). The van der Waals surface area contributed by atoms with Gasteiger partial charge in [-0.1, -0.05) is 47.0 Å². The van der Waals surface area contributed by atoms with Crippen LogP contribution in [0.2, 0.25) is 0 Å². The lowest BCUT2D eigenvalue weighted by Gasteiger charge is -2.15. The summed E-state index contributed by atoms with van der Waals surface area (Å²) in [6.45, 7) is 5.49. The van der Waals surface area contributed by atoms with Gasteiger partial charge in [-0.05, 0) is 57.2 Å². The molecule has 3 aromatic carbocycles. The van der Waals surface area contributed by atoms with E-state index in [1.807, 2.05) is 39.0 Å². The second-order valence-electron chi connectivity index (χ2n) is 8.20. The number of hydrogen-bond acceptors (Lipinski definition) is 4. The summed E-state index contributed by atoms with van der Waals surface area (Å²) in [6.07, 6.45) is 1.27. The molecular formula is C26H24N2O4S. The van der Waals surface area contributed by atoms with Gasteiger partial charge >= 0.3 is 0 Å². The van der Waals surface area contributed by atoms with Crippen molar-refractivity contribution in [2.45, 2.75) is 37.1 Å². The second-order valence-corrected chi connectivity index (χ2v) is 10.1. The molecule has 0 radical (unpaired) electrons. The number of nitrogens with zero attached hydrogens (tertiary/aromatic N) is 1. The number of amides is 1. The van der Waals surface area contributed by atoms with E-state index in [2.05, 4.69) is 5.32 Å². The van der Waals surface area contributed by atoms with Gasteiger partial charge in [0.1, 0.15) is 11.4 Å². The van der Waals surface area contributed by atoms with Crippen LogP contribution in [0.5, 0.6) is 0 Å². The van der Waals surface area contributed by atoms with Crippen LogP contribution in [-0.4, -0.2) is 18.9 Å². The Hall–Kier alpha value is -3.71. The zero-order valence-electron chi connectivity index (χ0n) is 18.6. The van der Waals surface area contributed by atoms with Crippen LogP contribution in [0.4, 0.5) is 5.69 Å². The van der Waals surface area contributed by atoms with Crippen molar-refractivity contribution in [3.8, 4) is 0 Å². The molecule has 168 valence electrons. The molecule has 4 aromatic rings. The molecule has 0 spiro atoms.